The largest absolute Gasteiger partial charge is 0.351 e. The van der Waals surface area contributed by atoms with Crippen LogP contribution in [0.1, 0.15) is 10.4 Å². The molecule has 21 heavy (non-hydrogen) atoms. The van der Waals surface area contributed by atoms with E-state index in [4.69, 9.17) is 0 Å². The van der Waals surface area contributed by atoms with Gasteiger partial charge in [0.05, 0.1) is 10.3 Å². The number of carbonyl (C=O) groups excluding carboxylic acids is 1. The first-order valence-electron chi connectivity index (χ1n) is 6.47. The molecule has 2 rings (SSSR count). The summed E-state index contributed by atoms with van der Waals surface area (Å²) in [6, 6.07) is 12.3. The zero-order valence-electron chi connectivity index (χ0n) is 11.6. The van der Waals surface area contributed by atoms with Crippen LogP contribution in [0.4, 0.5) is 0 Å². The second kappa shape index (κ2) is 8.26. The van der Waals surface area contributed by atoms with Crippen molar-refractivity contribution >= 4 is 55.8 Å². The molecule has 0 spiro atoms. The predicted octanol–water partition coefficient (Wildman–Crippen LogP) is 3.86. The highest BCUT2D eigenvalue weighted by Crippen LogP contribution is 2.22. The molecule has 0 aliphatic heterocycles. The number of carbonyl (C=O) groups is 1. The van der Waals surface area contributed by atoms with Gasteiger partial charge in [0.25, 0.3) is 0 Å². The molecule has 0 aliphatic carbocycles. The Morgan fingerprint density at radius 2 is 2.00 bits per heavy atom. The third-order valence-electron chi connectivity index (χ3n) is 2.87. The van der Waals surface area contributed by atoms with Crippen LogP contribution in [-0.2, 0) is 17.9 Å². The van der Waals surface area contributed by atoms with Crippen LogP contribution in [0.2, 0.25) is 0 Å². The van der Waals surface area contributed by atoms with Crippen molar-refractivity contribution in [1.82, 2.24) is 10.2 Å². The Balaban J connectivity index is 1.74. The van der Waals surface area contributed by atoms with Crippen LogP contribution in [0.15, 0.2) is 40.2 Å². The van der Waals surface area contributed by atoms with E-state index in [2.05, 4.69) is 49.9 Å². The van der Waals surface area contributed by atoms with Gasteiger partial charge in [-0.25, -0.2) is 0 Å². The molecule has 1 heterocycles. The second-order valence-electron chi connectivity index (χ2n) is 4.78. The summed E-state index contributed by atoms with van der Waals surface area (Å²) >= 11 is 7.42. The van der Waals surface area contributed by atoms with E-state index in [1.165, 1.54) is 8.45 Å². The monoisotopic (exact) mass is 478 g/mol. The van der Waals surface area contributed by atoms with Gasteiger partial charge in [-0.15, -0.1) is 11.3 Å². The van der Waals surface area contributed by atoms with Gasteiger partial charge in [-0.2, -0.15) is 0 Å². The smallest absolute Gasteiger partial charge is 0.234 e. The molecule has 1 aromatic heterocycles. The van der Waals surface area contributed by atoms with Crippen LogP contribution < -0.4 is 5.32 Å². The van der Waals surface area contributed by atoms with Crippen LogP contribution in [0.25, 0.3) is 0 Å². The molecule has 2 aromatic rings. The van der Waals surface area contributed by atoms with E-state index in [9.17, 15) is 4.79 Å². The number of benzene rings is 1. The summed E-state index contributed by atoms with van der Waals surface area (Å²) in [5.41, 5.74) is 1.12. The summed E-state index contributed by atoms with van der Waals surface area (Å²) in [6.45, 7) is 1.77. The number of nitrogens with one attached hydrogen (secondary N) is 1. The van der Waals surface area contributed by atoms with Crippen LogP contribution in [0.5, 0.6) is 0 Å². The van der Waals surface area contributed by atoms with Crippen LogP contribution >= 0.6 is 49.9 Å². The molecule has 0 unspecified atom stereocenters. The van der Waals surface area contributed by atoms with Gasteiger partial charge in [0.2, 0.25) is 5.91 Å². The average Bonchev–Trinajstić information content (AvgIpc) is 2.83. The summed E-state index contributed by atoms with van der Waals surface area (Å²) in [5.74, 6) is 0.0478. The summed E-state index contributed by atoms with van der Waals surface area (Å²) in [5, 5.41) is 2.95. The van der Waals surface area contributed by atoms with Crippen molar-refractivity contribution in [1.29, 1.82) is 0 Å². The number of nitrogens with zero attached hydrogens (tertiary/aromatic N) is 1. The molecular weight excluding hydrogens is 463 g/mol. The Morgan fingerprint density at radius 1 is 1.29 bits per heavy atom. The lowest BCUT2D eigenvalue weighted by Gasteiger charge is -2.15. The lowest BCUT2D eigenvalue weighted by Crippen LogP contribution is -2.34. The Hall–Kier alpha value is -0.440. The summed E-state index contributed by atoms with van der Waals surface area (Å²) < 4.78 is 2.32. The van der Waals surface area contributed by atoms with Gasteiger partial charge in [0, 0.05) is 21.5 Å². The molecule has 6 heteroatoms. The van der Waals surface area contributed by atoms with Crippen molar-refractivity contribution in [2.24, 2.45) is 0 Å². The quantitative estimate of drug-likeness (QED) is 0.639. The van der Waals surface area contributed by atoms with E-state index in [1.54, 1.807) is 11.3 Å². The third kappa shape index (κ3) is 6.06. The van der Waals surface area contributed by atoms with E-state index in [0.717, 1.165) is 15.9 Å². The SMILES string of the molecule is CN(CC(=O)NCc1ccc(I)cc1)Cc1ccc(Br)s1. The fourth-order valence-electron chi connectivity index (χ4n) is 1.86. The molecule has 1 N–H and O–H groups in total. The molecule has 0 atom stereocenters. The van der Waals surface area contributed by atoms with Crippen molar-refractivity contribution in [3.8, 4) is 0 Å². The summed E-state index contributed by atoms with van der Waals surface area (Å²) in [7, 11) is 1.96. The molecule has 3 nitrogen and oxygen atoms in total. The minimum Gasteiger partial charge on any atom is -0.351 e. The maximum Gasteiger partial charge on any atom is 0.234 e. The third-order valence-corrected chi connectivity index (χ3v) is 5.20. The van der Waals surface area contributed by atoms with Crippen molar-refractivity contribution in [2.45, 2.75) is 13.1 Å². The van der Waals surface area contributed by atoms with Crippen molar-refractivity contribution in [3.05, 3.63) is 54.2 Å². The Morgan fingerprint density at radius 3 is 2.62 bits per heavy atom. The fourth-order valence-corrected chi connectivity index (χ4v) is 3.79. The Bertz CT molecular complexity index is 600. The zero-order valence-corrected chi connectivity index (χ0v) is 16.2. The maximum atomic E-state index is 11.9. The second-order valence-corrected chi connectivity index (χ2v) is 8.57. The number of hydrogen-bond donors (Lipinski definition) is 1. The van der Waals surface area contributed by atoms with E-state index in [-0.39, 0.29) is 5.91 Å². The Labute approximate surface area is 151 Å². The molecule has 0 radical (unpaired) electrons. The molecule has 112 valence electrons. The number of rotatable bonds is 6. The van der Waals surface area contributed by atoms with Crippen LogP contribution in [-0.4, -0.2) is 24.4 Å². The maximum absolute atomic E-state index is 11.9. The lowest BCUT2D eigenvalue weighted by molar-refractivity contribution is -0.122. The molecule has 0 bridgehead atoms. The number of likely N-dealkylation sites (N-methyl/N-ethyl adjacent to an activating group) is 1. The predicted molar refractivity (Wildman–Crippen MR) is 99.4 cm³/mol. The number of thiophene rings is 1. The number of amides is 1. The minimum atomic E-state index is 0.0478. The van der Waals surface area contributed by atoms with Crippen molar-refractivity contribution < 1.29 is 4.79 Å². The average molecular weight is 479 g/mol. The molecule has 1 aromatic carbocycles. The first-order chi connectivity index (χ1) is 10.0. The van der Waals surface area contributed by atoms with E-state index >= 15 is 0 Å². The van der Waals surface area contributed by atoms with Crippen LogP contribution in [0.3, 0.4) is 0 Å². The molecule has 1 amide bonds. The standard InChI is InChI=1S/C15H16BrIN2OS/c1-19(9-13-6-7-14(16)21-13)10-15(20)18-8-11-2-4-12(17)5-3-11/h2-7H,8-10H2,1H3,(H,18,20). The Kier molecular flexibility index (Phi) is 6.66. The fraction of sp³-hybridized carbons (Fsp3) is 0.267. The van der Waals surface area contributed by atoms with Gasteiger partial charge in [-0.05, 0) is 75.4 Å². The van der Waals surface area contributed by atoms with Gasteiger partial charge in [0.1, 0.15) is 0 Å². The highest BCUT2D eigenvalue weighted by atomic mass is 127. The molecule has 0 saturated carbocycles. The highest BCUT2D eigenvalue weighted by molar-refractivity contribution is 14.1. The highest BCUT2D eigenvalue weighted by Gasteiger charge is 2.08. The van der Waals surface area contributed by atoms with Gasteiger partial charge in [0.15, 0.2) is 0 Å². The van der Waals surface area contributed by atoms with E-state index in [1.807, 2.05) is 42.3 Å². The molecule has 0 saturated heterocycles. The van der Waals surface area contributed by atoms with Crippen molar-refractivity contribution in [3.63, 3.8) is 0 Å². The van der Waals surface area contributed by atoms with Gasteiger partial charge in [-0.3, -0.25) is 9.69 Å². The van der Waals surface area contributed by atoms with E-state index < -0.39 is 0 Å². The molecule has 0 fully saturated rings. The topological polar surface area (TPSA) is 32.3 Å². The zero-order chi connectivity index (χ0) is 15.2. The first kappa shape index (κ1) is 16.9. The van der Waals surface area contributed by atoms with Gasteiger partial charge < -0.3 is 5.32 Å². The number of halogens is 2. The van der Waals surface area contributed by atoms with Gasteiger partial charge >= 0.3 is 0 Å². The van der Waals surface area contributed by atoms with Crippen LogP contribution in [0, 0.1) is 3.57 Å². The summed E-state index contributed by atoms with van der Waals surface area (Å²) in [6.07, 6.45) is 0. The molecular formula is C15H16BrIN2OS. The molecule has 0 aliphatic rings. The minimum absolute atomic E-state index is 0.0478. The first-order valence-corrected chi connectivity index (χ1v) is 9.15. The lowest BCUT2D eigenvalue weighted by atomic mass is 10.2. The summed E-state index contributed by atoms with van der Waals surface area (Å²) in [4.78, 5) is 15.2. The number of hydrogen-bond acceptors (Lipinski definition) is 3. The van der Waals surface area contributed by atoms with E-state index in [0.29, 0.717) is 13.1 Å². The van der Waals surface area contributed by atoms with Crippen molar-refractivity contribution in [2.75, 3.05) is 13.6 Å². The normalized spacial score (nSPS) is 10.9. The van der Waals surface area contributed by atoms with Gasteiger partial charge in [-0.1, -0.05) is 12.1 Å².